The number of nitrogens with zero attached hydrogens (tertiary/aromatic N) is 3. The lowest BCUT2D eigenvalue weighted by atomic mass is 9.93. The van der Waals surface area contributed by atoms with Crippen LogP contribution in [0.15, 0.2) is 97.3 Å². The molecule has 1 aliphatic heterocycles. The molecule has 0 aliphatic carbocycles. The van der Waals surface area contributed by atoms with Crippen molar-refractivity contribution in [2.45, 2.75) is 13.0 Å². The Kier molecular flexibility index (Phi) is 5.57. The zero-order valence-corrected chi connectivity index (χ0v) is 20.7. The minimum Gasteiger partial charge on any atom is -0.343 e. The van der Waals surface area contributed by atoms with Gasteiger partial charge in [-0.15, -0.1) is 0 Å². The number of fused-ring (bicyclic) bond motifs is 2. The third-order valence-corrected chi connectivity index (χ3v) is 7.06. The first-order chi connectivity index (χ1) is 18.0. The van der Waals surface area contributed by atoms with Gasteiger partial charge in [-0.2, -0.15) is 0 Å². The molecular formula is C31H26N4O2. The smallest absolute Gasteiger partial charge is 0.255 e. The molecule has 182 valence electrons. The van der Waals surface area contributed by atoms with E-state index in [0.29, 0.717) is 11.3 Å². The number of aromatic nitrogens is 2. The van der Waals surface area contributed by atoms with Crippen molar-refractivity contribution in [3.05, 3.63) is 120 Å². The lowest BCUT2D eigenvalue weighted by Crippen LogP contribution is -2.36. The number of amides is 2. The number of hydrogen-bond acceptors (Lipinski definition) is 3. The molecule has 3 aromatic carbocycles. The molecule has 37 heavy (non-hydrogen) atoms. The van der Waals surface area contributed by atoms with Crippen LogP contribution in [0.4, 0.5) is 5.69 Å². The van der Waals surface area contributed by atoms with Crippen molar-refractivity contribution in [2.75, 3.05) is 11.9 Å². The zero-order valence-electron chi connectivity index (χ0n) is 20.7. The van der Waals surface area contributed by atoms with Gasteiger partial charge >= 0.3 is 0 Å². The average Bonchev–Trinajstić information content (AvgIpc) is 3.36. The van der Waals surface area contributed by atoms with Crippen LogP contribution < -0.4 is 5.32 Å². The fraction of sp³-hybridized carbons (Fsp3) is 0.129. The van der Waals surface area contributed by atoms with Gasteiger partial charge in [-0.25, -0.2) is 0 Å². The summed E-state index contributed by atoms with van der Waals surface area (Å²) in [6, 6.07) is 27.5. The number of carbonyl (C=O) groups excluding carboxylic acids is 2. The third-order valence-electron chi connectivity index (χ3n) is 7.06. The van der Waals surface area contributed by atoms with E-state index in [2.05, 4.69) is 65.2 Å². The van der Waals surface area contributed by atoms with Crippen LogP contribution in [0.5, 0.6) is 0 Å². The van der Waals surface area contributed by atoms with Gasteiger partial charge in [0, 0.05) is 35.3 Å². The van der Waals surface area contributed by atoms with Gasteiger partial charge < -0.3 is 14.8 Å². The maximum atomic E-state index is 13.7. The van der Waals surface area contributed by atoms with Gasteiger partial charge in [0.25, 0.3) is 5.91 Å². The molecule has 5 aromatic rings. The molecule has 6 rings (SSSR count). The highest BCUT2D eigenvalue weighted by molar-refractivity contribution is 6.05. The minimum atomic E-state index is -0.411. The molecule has 1 N–H and O–H groups in total. The normalized spacial score (nSPS) is 14.7. The van der Waals surface area contributed by atoms with Crippen molar-refractivity contribution in [2.24, 2.45) is 7.05 Å². The van der Waals surface area contributed by atoms with Crippen LogP contribution in [-0.4, -0.2) is 32.8 Å². The molecule has 0 unspecified atom stereocenters. The van der Waals surface area contributed by atoms with Gasteiger partial charge in [0.15, 0.2) is 0 Å². The topological polar surface area (TPSA) is 67.2 Å². The molecular weight excluding hydrogens is 460 g/mol. The van der Waals surface area contributed by atoms with Gasteiger partial charge in [-0.3, -0.25) is 14.6 Å². The Balaban J connectivity index is 1.52. The SMILES string of the molecule is Cc1ccc(-c2c([C@@H]3c4ccccc4C(=O)N3CC(=O)Nc3cccnc3)c3ccccc3n2C)cc1. The van der Waals surface area contributed by atoms with Crippen LogP contribution in [-0.2, 0) is 11.8 Å². The average molecular weight is 487 g/mol. The summed E-state index contributed by atoms with van der Waals surface area (Å²) < 4.78 is 2.19. The predicted molar refractivity (Wildman–Crippen MR) is 145 cm³/mol. The third kappa shape index (κ3) is 3.87. The summed E-state index contributed by atoms with van der Waals surface area (Å²) in [4.78, 5) is 32.7. The van der Waals surface area contributed by atoms with Gasteiger partial charge in [0.2, 0.25) is 5.91 Å². The van der Waals surface area contributed by atoms with Crippen molar-refractivity contribution in [3.8, 4) is 11.3 Å². The number of aryl methyl sites for hydroxylation is 2. The molecule has 0 fully saturated rings. The highest BCUT2D eigenvalue weighted by Crippen LogP contribution is 2.46. The molecule has 6 nitrogen and oxygen atoms in total. The maximum Gasteiger partial charge on any atom is 0.255 e. The zero-order chi connectivity index (χ0) is 25.5. The van der Waals surface area contributed by atoms with E-state index in [4.69, 9.17) is 0 Å². The molecule has 6 heteroatoms. The Hall–Kier alpha value is -4.71. The molecule has 0 spiro atoms. The maximum absolute atomic E-state index is 13.7. The van der Waals surface area contributed by atoms with E-state index in [9.17, 15) is 9.59 Å². The molecule has 0 bridgehead atoms. The summed E-state index contributed by atoms with van der Waals surface area (Å²) in [7, 11) is 2.06. The fourth-order valence-electron chi connectivity index (χ4n) is 5.40. The van der Waals surface area contributed by atoms with Crippen LogP contribution in [0.2, 0.25) is 0 Å². The van der Waals surface area contributed by atoms with E-state index in [-0.39, 0.29) is 18.4 Å². The summed E-state index contributed by atoms with van der Waals surface area (Å²) in [5, 5.41) is 3.95. The lowest BCUT2D eigenvalue weighted by molar-refractivity contribution is -0.117. The standard InChI is InChI=1S/C31H26N4O2/c1-20-13-15-21(16-14-20)29-28(25-11-5-6-12-26(25)34(29)2)30-23-9-3-4-10-24(23)31(37)35(30)19-27(36)33-22-8-7-17-32-18-22/h3-18,30H,19H2,1-2H3,(H,33,36)/t30-/m0/s1. The summed E-state index contributed by atoms with van der Waals surface area (Å²) in [5.74, 6) is -0.416. The van der Waals surface area contributed by atoms with Crippen molar-refractivity contribution in [1.82, 2.24) is 14.5 Å². The second kappa shape index (κ2) is 9.06. The van der Waals surface area contributed by atoms with Gasteiger partial charge in [0.1, 0.15) is 6.54 Å². The summed E-state index contributed by atoms with van der Waals surface area (Å²) in [6.07, 6.45) is 3.25. The number of benzene rings is 3. The summed E-state index contributed by atoms with van der Waals surface area (Å²) >= 11 is 0. The first-order valence-corrected chi connectivity index (χ1v) is 12.3. The van der Waals surface area contributed by atoms with Crippen LogP contribution in [0, 0.1) is 6.92 Å². The van der Waals surface area contributed by atoms with Gasteiger partial charge in [0.05, 0.1) is 23.6 Å². The molecule has 2 amide bonds. The van der Waals surface area contributed by atoms with E-state index >= 15 is 0 Å². The van der Waals surface area contributed by atoms with Crippen LogP contribution >= 0.6 is 0 Å². The predicted octanol–water partition coefficient (Wildman–Crippen LogP) is 5.73. The van der Waals surface area contributed by atoms with E-state index in [1.54, 1.807) is 29.4 Å². The summed E-state index contributed by atoms with van der Waals surface area (Å²) in [6.45, 7) is 1.99. The second-order valence-corrected chi connectivity index (χ2v) is 9.42. The van der Waals surface area contributed by atoms with Gasteiger partial charge in [-0.05, 0) is 42.3 Å². The monoisotopic (exact) mass is 486 g/mol. The number of hydrogen-bond donors (Lipinski definition) is 1. The number of anilines is 1. The Morgan fingerprint density at radius 2 is 1.70 bits per heavy atom. The summed E-state index contributed by atoms with van der Waals surface area (Å²) in [5.41, 5.74) is 7.51. The highest BCUT2D eigenvalue weighted by Gasteiger charge is 2.41. The van der Waals surface area contributed by atoms with E-state index in [0.717, 1.165) is 33.3 Å². The molecule has 1 aliphatic rings. The molecule has 2 aromatic heterocycles. The second-order valence-electron chi connectivity index (χ2n) is 9.42. The Morgan fingerprint density at radius 1 is 0.946 bits per heavy atom. The van der Waals surface area contributed by atoms with Crippen LogP contribution in [0.25, 0.3) is 22.2 Å². The molecule has 0 saturated heterocycles. The lowest BCUT2D eigenvalue weighted by Gasteiger charge is -2.26. The molecule has 0 radical (unpaired) electrons. The van der Waals surface area contributed by atoms with Crippen molar-refractivity contribution in [1.29, 1.82) is 0 Å². The minimum absolute atomic E-state index is 0.0797. The molecule has 1 atom stereocenters. The van der Waals surface area contributed by atoms with Crippen LogP contribution in [0.1, 0.15) is 33.1 Å². The number of nitrogens with one attached hydrogen (secondary N) is 1. The number of rotatable bonds is 5. The first-order valence-electron chi connectivity index (χ1n) is 12.3. The highest BCUT2D eigenvalue weighted by atomic mass is 16.2. The first kappa shape index (κ1) is 22.7. The largest absolute Gasteiger partial charge is 0.343 e. The fourth-order valence-corrected chi connectivity index (χ4v) is 5.40. The van der Waals surface area contributed by atoms with Gasteiger partial charge in [-0.1, -0.05) is 66.2 Å². The Labute approximate surface area is 215 Å². The van der Waals surface area contributed by atoms with Crippen molar-refractivity contribution < 1.29 is 9.59 Å². The number of para-hydroxylation sites is 1. The van der Waals surface area contributed by atoms with Crippen LogP contribution in [0.3, 0.4) is 0 Å². The van der Waals surface area contributed by atoms with Crippen molar-refractivity contribution >= 4 is 28.4 Å². The molecule has 0 saturated carbocycles. The van der Waals surface area contributed by atoms with E-state index in [1.165, 1.54) is 5.56 Å². The molecule has 3 heterocycles. The quantitative estimate of drug-likeness (QED) is 0.345. The number of carbonyl (C=O) groups is 2. The Bertz CT molecular complexity index is 1640. The van der Waals surface area contributed by atoms with E-state index in [1.807, 2.05) is 36.4 Å². The van der Waals surface area contributed by atoms with Crippen molar-refractivity contribution in [3.63, 3.8) is 0 Å². The van der Waals surface area contributed by atoms with E-state index < -0.39 is 6.04 Å². The Morgan fingerprint density at radius 3 is 2.49 bits per heavy atom. The number of pyridine rings is 1.